The van der Waals surface area contributed by atoms with Crippen LogP contribution in [0, 0.1) is 11.8 Å². The summed E-state index contributed by atoms with van der Waals surface area (Å²) in [6.45, 7) is 2.60. The molecular formula is C26H21NO4S. The maximum atomic E-state index is 12.9. The average Bonchev–Trinajstić information content (AvgIpc) is 3.21. The Hall–Kier alpha value is -3.82. The number of nitrogens with zero attached hydrogens (tertiary/aromatic N) is 1. The van der Waals surface area contributed by atoms with Gasteiger partial charge in [-0.05, 0) is 48.4 Å². The van der Waals surface area contributed by atoms with Crippen LogP contribution in [0.3, 0.4) is 0 Å². The molecule has 0 amide bonds. The predicted molar refractivity (Wildman–Crippen MR) is 126 cm³/mol. The second-order valence-electron chi connectivity index (χ2n) is 7.20. The fraction of sp³-hybridized carbons (Fsp3) is 0.154. The van der Waals surface area contributed by atoms with Crippen LogP contribution < -0.4 is 10.3 Å². The first-order chi connectivity index (χ1) is 15.5. The van der Waals surface area contributed by atoms with Crippen LogP contribution in [0.4, 0.5) is 0 Å². The van der Waals surface area contributed by atoms with Gasteiger partial charge in [0.2, 0.25) is 0 Å². The monoisotopic (exact) mass is 443 g/mol. The molecule has 0 radical (unpaired) electrons. The van der Waals surface area contributed by atoms with Crippen LogP contribution in [0.15, 0.2) is 71.7 Å². The summed E-state index contributed by atoms with van der Waals surface area (Å²) in [5.41, 5.74) is 2.79. The zero-order valence-corrected chi connectivity index (χ0v) is 18.3. The number of fused-ring (bicyclic) bond motifs is 1. The average molecular weight is 444 g/mol. The molecule has 0 bridgehead atoms. The molecule has 0 saturated heterocycles. The Bertz CT molecular complexity index is 1370. The van der Waals surface area contributed by atoms with Gasteiger partial charge < -0.3 is 9.84 Å². The molecule has 0 fully saturated rings. The van der Waals surface area contributed by atoms with Gasteiger partial charge in [0, 0.05) is 24.6 Å². The molecule has 0 aliphatic carbocycles. The molecule has 0 aliphatic heterocycles. The maximum absolute atomic E-state index is 12.9. The SMILES string of the molecule is CCOc1ccc(CC#Cc2cn3c(=O)c(Cc4ccc(C(=O)O)cc4)ccc3s2)cc1. The first-order valence-corrected chi connectivity index (χ1v) is 11.0. The molecule has 5 nitrogen and oxygen atoms in total. The van der Waals surface area contributed by atoms with Gasteiger partial charge in [0.25, 0.3) is 5.56 Å². The minimum Gasteiger partial charge on any atom is -0.494 e. The summed E-state index contributed by atoms with van der Waals surface area (Å²) >= 11 is 1.48. The van der Waals surface area contributed by atoms with E-state index in [0.29, 0.717) is 25.0 Å². The molecular weight excluding hydrogens is 422 g/mol. The Morgan fingerprint density at radius 1 is 1.03 bits per heavy atom. The summed E-state index contributed by atoms with van der Waals surface area (Å²) in [5, 5.41) is 9.02. The van der Waals surface area contributed by atoms with E-state index < -0.39 is 5.97 Å². The highest BCUT2D eigenvalue weighted by Gasteiger charge is 2.09. The number of aromatic carboxylic acids is 1. The molecule has 6 heteroatoms. The molecule has 4 aromatic rings. The lowest BCUT2D eigenvalue weighted by molar-refractivity contribution is 0.0697. The molecule has 160 valence electrons. The number of hydrogen-bond donors (Lipinski definition) is 1. The van der Waals surface area contributed by atoms with Gasteiger partial charge in [-0.25, -0.2) is 4.79 Å². The van der Waals surface area contributed by atoms with Gasteiger partial charge in [0.05, 0.1) is 17.0 Å². The van der Waals surface area contributed by atoms with Gasteiger partial charge in [-0.2, -0.15) is 0 Å². The minimum absolute atomic E-state index is 0.0828. The van der Waals surface area contributed by atoms with E-state index in [9.17, 15) is 9.59 Å². The molecule has 0 unspecified atom stereocenters. The van der Waals surface area contributed by atoms with Crippen LogP contribution in [0.5, 0.6) is 5.75 Å². The number of ether oxygens (including phenoxy) is 1. The molecule has 4 rings (SSSR count). The first kappa shape index (κ1) is 21.4. The number of carboxylic acid groups (broad SMARTS) is 1. The zero-order valence-electron chi connectivity index (χ0n) is 17.5. The first-order valence-electron chi connectivity index (χ1n) is 10.2. The Morgan fingerprint density at radius 3 is 2.44 bits per heavy atom. The minimum atomic E-state index is -0.965. The van der Waals surface area contributed by atoms with Gasteiger partial charge in [-0.15, -0.1) is 11.3 Å². The molecule has 2 aromatic carbocycles. The highest BCUT2D eigenvalue weighted by atomic mass is 32.1. The Kier molecular flexibility index (Phi) is 6.39. The third kappa shape index (κ3) is 4.90. The predicted octanol–water partition coefficient (Wildman–Crippen LogP) is 4.64. The van der Waals surface area contributed by atoms with E-state index in [0.717, 1.165) is 26.6 Å². The number of carbonyl (C=O) groups is 1. The number of aromatic nitrogens is 1. The normalized spacial score (nSPS) is 10.5. The van der Waals surface area contributed by atoms with E-state index in [1.165, 1.54) is 11.3 Å². The number of hydrogen-bond acceptors (Lipinski definition) is 4. The quantitative estimate of drug-likeness (QED) is 0.441. The van der Waals surface area contributed by atoms with Crippen molar-refractivity contribution < 1.29 is 14.6 Å². The molecule has 2 heterocycles. The van der Waals surface area contributed by atoms with Gasteiger partial charge in [-0.1, -0.05) is 42.2 Å². The highest BCUT2D eigenvalue weighted by Crippen LogP contribution is 2.17. The van der Waals surface area contributed by atoms with Crippen molar-refractivity contribution in [2.75, 3.05) is 6.61 Å². The molecule has 0 spiro atoms. The van der Waals surface area contributed by atoms with Crippen molar-refractivity contribution in [3.8, 4) is 17.6 Å². The lowest BCUT2D eigenvalue weighted by Gasteiger charge is -2.03. The van der Waals surface area contributed by atoms with Crippen molar-refractivity contribution in [1.29, 1.82) is 0 Å². The van der Waals surface area contributed by atoms with Crippen LogP contribution in [-0.4, -0.2) is 22.1 Å². The van der Waals surface area contributed by atoms with Gasteiger partial charge >= 0.3 is 5.97 Å². The third-order valence-electron chi connectivity index (χ3n) is 4.95. The Morgan fingerprint density at radius 2 is 1.75 bits per heavy atom. The fourth-order valence-corrected chi connectivity index (χ4v) is 4.20. The summed E-state index contributed by atoms with van der Waals surface area (Å²) in [6, 6.07) is 18.2. The van der Waals surface area contributed by atoms with Crippen LogP contribution >= 0.6 is 11.3 Å². The van der Waals surface area contributed by atoms with E-state index in [2.05, 4.69) is 11.8 Å². The van der Waals surface area contributed by atoms with E-state index in [1.807, 2.05) is 43.3 Å². The highest BCUT2D eigenvalue weighted by molar-refractivity contribution is 7.17. The van der Waals surface area contributed by atoms with Crippen LogP contribution in [-0.2, 0) is 12.8 Å². The second kappa shape index (κ2) is 9.54. The number of pyridine rings is 1. The van der Waals surface area contributed by atoms with Crippen LogP contribution in [0.25, 0.3) is 4.83 Å². The van der Waals surface area contributed by atoms with Crippen molar-refractivity contribution in [1.82, 2.24) is 4.40 Å². The Labute approximate surface area is 189 Å². The third-order valence-corrected chi connectivity index (χ3v) is 5.92. The lowest BCUT2D eigenvalue weighted by atomic mass is 10.0. The fourth-order valence-electron chi connectivity index (χ4n) is 3.32. The molecule has 32 heavy (non-hydrogen) atoms. The number of thiazole rings is 1. The van der Waals surface area contributed by atoms with Gasteiger partial charge in [-0.3, -0.25) is 9.20 Å². The van der Waals surface area contributed by atoms with Crippen molar-refractivity contribution >= 4 is 22.1 Å². The van der Waals surface area contributed by atoms with Gasteiger partial charge in [0.1, 0.15) is 10.6 Å². The van der Waals surface area contributed by atoms with Gasteiger partial charge in [0.15, 0.2) is 0 Å². The lowest BCUT2D eigenvalue weighted by Crippen LogP contribution is -2.16. The summed E-state index contributed by atoms with van der Waals surface area (Å²) in [4.78, 5) is 25.6. The van der Waals surface area contributed by atoms with Crippen molar-refractivity contribution in [3.63, 3.8) is 0 Å². The van der Waals surface area contributed by atoms with E-state index in [4.69, 9.17) is 9.84 Å². The van der Waals surface area contributed by atoms with Crippen LogP contribution in [0.1, 0.15) is 38.8 Å². The smallest absolute Gasteiger partial charge is 0.335 e. The van der Waals surface area contributed by atoms with Crippen molar-refractivity contribution in [2.45, 2.75) is 19.8 Å². The molecule has 2 aromatic heterocycles. The maximum Gasteiger partial charge on any atom is 0.335 e. The van der Waals surface area contributed by atoms with E-state index in [1.54, 1.807) is 34.9 Å². The number of benzene rings is 2. The van der Waals surface area contributed by atoms with Crippen LogP contribution in [0.2, 0.25) is 0 Å². The standard InChI is InChI=1S/C26H21NO4S/c1-2-31-22-13-8-18(9-14-22)4-3-5-23-17-27-24(32-23)15-12-21(25(27)28)16-19-6-10-20(11-7-19)26(29)30/h6-15,17H,2,4,16H2,1H3,(H,29,30). The molecule has 0 atom stereocenters. The number of rotatable bonds is 6. The Balaban J connectivity index is 1.50. The molecule has 0 saturated carbocycles. The summed E-state index contributed by atoms with van der Waals surface area (Å²) in [7, 11) is 0. The zero-order chi connectivity index (χ0) is 22.5. The summed E-state index contributed by atoms with van der Waals surface area (Å²) in [5.74, 6) is 6.22. The van der Waals surface area contributed by atoms with E-state index in [-0.39, 0.29) is 11.1 Å². The topological polar surface area (TPSA) is 68.0 Å². The molecule has 0 aliphatic rings. The van der Waals surface area contributed by atoms with E-state index >= 15 is 0 Å². The molecule has 1 N–H and O–H groups in total. The van der Waals surface area contributed by atoms with Crippen molar-refractivity contribution in [3.05, 3.63) is 104 Å². The summed E-state index contributed by atoms with van der Waals surface area (Å²) < 4.78 is 7.08. The number of carboxylic acids is 1. The van der Waals surface area contributed by atoms with Crippen molar-refractivity contribution in [2.24, 2.45) is 0 Å². The summed E-state index contributed by atoms with van der Waals surface area (Å²) in [6.07, 6.45) is 2.84. The largest absolute Gasteiger partial charge is 0.494 e. The second-order valence-corrected chi connectivity index (χ2v) is 8.26.